The first-order valence-corrected chi connectivity index (χ1v) is 5.28. The lowest BCUT2D eigenvalue weighted by molar-refractivity contribution is 0.624. The fraction of sp³-hybridized carbons (Fsp3) is 0.417. The molecule has 0 saturated heterocycles. The minimum atomic E-state index is -0.235. The molecule has 0 aliphatic rings. The smallest absolute Gasteiger partial charge is 0.173 e. The number of imidazole rings is 1. The number of rotatable bonds is 2. The van der Waals surface area contributed by atoms with E-state index in [9.17, 15) is 4.39 Å². The molecule has 0 atom stereocenters. The van der Waals surface area contributed by atoms with Crippen LogP contribution in [0.1, 0.15) is 37.9 Å². The van der Waals surface area contributed by atoms with Crippen molar-refractivity contribution in [2.24, 2.45) is 0 Å². The molecule has 0 unspecified atom stereocenters. The van der Waals surface area contributed by atoms with Crippen LogP contribution in [0.4, 0.5) is 4.39 Å². The quantitative estimate of drug-likeness (QED) is 0.737. The maximum Gasteiger partial charge on any atom is 0.173 e. The standard InChI is InChI=1S/C12H15FN2/c1-4-10-7-15-6-9(8(2)3)5-11(13)12(15)14-10/h5-8H,4H2,1-3H3. The molecule has 2 aromatic rings. The molecule has 80 valence electrons. The molecule has 0 amide bonds. The van der Waals surface area contributed by atoms with Crippen molar-refractivity contribution in [2.75, 3.05) is 0 Å². The Morgan fingerprint density at radius 3 is 2.73 bits per heavy atom. The fourth-order valence-electron chi connectivity index (χ4n) is 1.61. The molecule has 3 heteroatoms. The van der Waals surface area contributed by atoms with Crippen LogP contribution in [0.15, 0.2) is 18.5 Å². The van der Waals surface area contributed by atoms with Crippen LogP contribution in [-0.4, -0.2) is 9.38 Å². The van der Waals surface area contributed by atoms with Gasteiger partial charge in [-0.3, -0.25) is 0 Å². The van der Waals surface area contributed by atoms with Gasteiger partial charge in [-0.1, -0.05) is 20.8 Å². The molecule has 0 aliphatic heterocycles. The number of aryl methyl sites for hydroxylation is 1. The van der Waals surface area contributed by atoms with Crippen molar-refractivity contribution in [3.05, 3.63) is 35.5 Å². The van der Waals surface area contributed by atoms with Crippen LogP contribution in [0.2, 0.25) is 0 Å². The van der Waals surface area contributed by atoms with Gasteiger partial charge in [-0.05, 0) is 24.0 Å². The van der Waals surface area contributed by atoms with E-state index in [4.69, 9.17) is 0 Å². The third kappa shape index (κ3) is 1.74. The van der Waals surface area contributed by atoms with Gasteiger partial charge in [0.05, 0.1) is 5.69 Å². The Kier molecular flexibility index (Phi) is 2.47. The molecule has 15 heavy (non-hydrogen) atoms. The molecule has 2 nitrogen and oxygen atoms in total. The molecule has 0 radical (unpaired) electrons. The summed E-state index contributed by atoms with van der Waals surface area (Å²) in [6.45, 7) is 6.12. The summed E-state index contributed by atoms with van der Waals surface area (Å²) in [5.74, 6) is 0.0947. The van der Waals surface area contributed by atoms with Crippen LogP contribution in [0.25, 0.3) is 5.65 Å². The van der Waals surface area contributed by atoms with Gasteiger partial charge in [0, 0.05) is 12.4 Å². The van der Waals surface area contributed by atoms with Gasteiger partial charge in [0.2, 0.25) is 0 Å². The molecule has 0 bridgehead atoms. The minimum absolute atomic E-state index is 0.235. The average Bonchev–Trinajstić information content (AvgIpc) is 2.61. The molecule has 2 rings (SSSR count). The Morgan fingerprint density at radius 2 is 2.13 bits per heavy atom. The van der Waals surface area contributed by atoms with Gasteiger partial charge in [-0.25, -0.2) is 9.37 Å². The maximum absolute atomic E-state index is 13.7. The van der Waals surface area contributed by atoms with Gasteiger partial charge in [-0.15, -0.1) is 0 Å². The predicted octanol–water partition coefficient (Wildman–Crippen LogP) is 3.16. The second-order valence-electron chi connectivity index (χ2n) is 4.09. The Bertz CT molecular complexity index is 486. The number of aromatic nitrogens is 2. The van der Waals surface area contributed by atoms with Gasteiger partial charge in [0.15, 0.2) is 11.5 Å². The highest BCUT2D eigenvalue weighted by Crippen LogP contribution is 2.18. The van der Waals surface area contributed by atoms with Crippen molar-refractivity contribution in [3.8, 4) is 0 Å². The summed E-state index contributed by atoms with van der Waals surface area (Å²) in [6, 6.07) is 1.58. The third-order valence-corrected chi connectivity index (χ3v) is 2.61. The summed E-state index contributed by atoms with van der Waals surface area (Å²) in [7, 11) is 0. The number of hydrogen-bond acceptors (Lipinski definition) is 1. The number of halogens is 1. The predicted molar refractivity (Wildman–Crippen MR) is 58.6 cm³/mol. The van der Waals surface area contributed by atoms with Gasteiger partial charge < -0.3 is 4.40 Å². The minimum Gasteiger partial charge on any atom is -0.304 e. The first-order chi connectivity index (χ1) is 7.11. The van der Waals surface area contributed by atoms with Gasteiger partial charge >= 0.3 is 0 Å². The largest absolute Gasteiger partial charge is 0.304 e. The summed E-state index contributed by atoms with van der Waals surface area (Å²) < 4.78 is 15.5. The van der Waals surface area contributed by atoms with E-state index in [-0.39, 0.29) is 5.82 Å². The molecule has 2 aromatic heterocycles. The first-order valence-electron chi connectivity index (χ1n) is 5.28. The van der Waals surface area contributed by atoms with Crippen LogP contribution < -0.4 is 0 Å². The number of pyridine rings is 1. The van der Waals surface area contributed by atoms with Gasteiger partial charge in [-0.2, -0.15) is 0 Å². The lowest BCUT2D eigenvalue weighted by Crippen LogP contribution is -1.95. The molecule has 0 spiro atoms. The molecular formula is C12H15FN2. The van der Waals surface area contributed by atoms with Crippen molar-refractivity contribution in [2.45, 2.75) is 33.1 Å². The van der Waals surface area contributed by atoms with E-state index < -0.39 is 0 Å². The third-order valence-electron chi connectivity index (χ3n) is 2.61. The molecule has 0 N–H and O–H groups in total. The number of fused-ring (bicyclic) bond motifs is 1. The van der Waals surface area contributed by atoms with E-state index in [0.29, 0.717) is 11.6 Å². The van der Waals surface area contributed by atoms with E-state index >= 15 is 0 Å². The van der Waals surface area contributed by atoms with E-state index in [0.717, 1.165) is 17.7 Å². The Hall–Kier alpha value is -1.38. The van der Waals surface area contributed by atoms with Gasteiger partial charge in [0.1, 0.15) is 0 Å². The van der Waals surface area contributed by atoms with Crippen molar-refractivity contribution < 1.29 is 4.39 Å². The lowest BCUT2D eigenvalue weighted by Gasteiger charge is -2.06. The molecule has 2 heterocycles. The number of hydrogen-bond donors (Lipinski definition) is 0. The van der Waals surface area contributed by atoms with E-state index in [1.54, 1.807) is 10.5 Å². The second kappa shape index (κ2) is 3.65. The lowest BCUT2D eigenvalue weighted by atomic mass is 10.1. The first kappa shape index (κ1) is 10.1. The summed E-state index contributed by atoms with van der Waals surface area (Å²) in [5, 5.41) is 0. The van der Waals surface area contributed by atoms with E-state index in [2.05, 4.69) is 18.8 Å². The topological polar surface area (TPSA) is 17.3 Å². The fourth-order valence-corrected chi connectivity index (χ4v) is 1.61. The summed E-state index contributed by atoms with van der Waals surface area (Å²) in [6.07, 6.45) is 4.68. The molecule has 0 fully saturated rings. The monoisotopic (exact) mass is 206 g/mol. The number of nitrogens with zero attached hydrogens (tertiary/aromatic N) is 2. The van der Waals surface area contributed by atoms with Crippen LogP contribution in [0, 0.1) is 5.82 Å². The van der Waals surface area contributed by atoms with E-state index in [1.165, 1.54) is 0 Å². The highest BCUT2D eigenvalue weighted by molar-refractivity contribution is 5.43. The molecule has 0 aromatic carbocycles. The van der Waals surface area contributed by atoms with Crippen molar-refractivity contribution in [3.63, 3.8) is 0 Å². The van der Waals surface area contributed by atoms with Crippen LogP contribution >= 0.6 is 0 Å². The molecule has 0 aliphatic carbocycles. The van der Waals surface area contributed by atoms with Crippen molar-refractivity contribution >= 4 is 5.65 Å². The zero-order valence-electron chi connectivity index (χ0n) is 9.29. The zero-order valence-corrected chi connectivity index (χ0v) is 9.29. The Balaban J connectivity index is 2.65. The van der Waals surface area contributed by atoms with Crippen molar-refractivity contribution in [1.82, 2.24) is 9.38 Å². The van der Waals surface area contributed by atoms with E-state index in [1.807, 2.05) is 19.3 Å². The second-order valence-corrected chi connectivity index (χ2v) is 4.09. The summed E-state index contributed by atoms with van der Waals surface area (Å²) in [5.41, 5.74) is 2.35. The normalized spacial score (nSPS) is 11.5. The molecule has 0 saturated carbocycles. The Morgan fingerprint density at radius 1 is 1.40 bits per heavy atom. The molecular weight excluding hydrogens is 191 g/mol. The summed E-state index contributed by atoms with van der Waals surface area (Å²) in [4.78, 5) is 4.22. The Labute approximate surface area is 88.8 Å². The SMILES string of the molecule is CCc1cn2cc(C(C)C)cc(F)c2n1. The van der Waals surface area contributed by atoms with Crippen LogP contribution in [0.3, 0.4) is 0 Å². The van der Waals surface area contributed by atoms with Crippen LogP contribution in [-0.2, 0) is 6.42 Å². The highest BCUT2D eigenvalue weighted by atomic mass is 19.1. The average molecular weight is 206 g/mol. The highest BCUT2D eigenvalue weighted by Gasteiger charge is 2.09. The zero-order chi connectivity index (χ0) is 11.0. The van der Waals surface area contributed by atoms with Gasteiger partial charge in [0.25, 0.3) is 0 Å². The van der Waals surface area contributed by atoms with Crippen LogP contribution in [0.5, 0.6) is 0 Å². The maximum atomic E-state index is 13.7. The van der Waals surface area contributed by atoms with Crippen molar-refractivity contribution in [1.29, 1.82) is 0 Å². The summed E-state index contributed by atoms with van der Waals surface area (Å²) >= 11 is 0.